The van der Waals surface area contributed by atoms with Crippen LogP contribution in [0.3, 0.4) is 0 Å². The highest BCUT2D eigenvalue weighted by atomic mass is 19.4. The molecule has 0 unspecified atom stereocenters. The topological polar surface area (TPSA) is 74.3 Å². The van der Waals surface area contributed by atoms with Crippen molar-refractivity contribution in [2.24, 2.45) is 4.99 Å². The quantitative estimate of drug-likeness (QED) is 0.345. The van der Waals surface area contributed by atoms with E-state index in [9.17, 15) is 13.2 Å². The minimum atomic E-state index is -4.34. The molecule has 0 radical (unpaired) electrons. The third-order valence-corrected chi connectivity index (χ3v) is 3.94. The summed E-state index contributed by atoms with van der Waals surface area (Å²) in [5, 5.41) is 13.4. The van der Waals surface area contributed by atoms with Crippen LogP contribution in [-0.4, -0.2) is 42.0 Å². The van der Waals surface area contributed by atoms with E-state index in [0.717, 1.165) is 37.2 Å². The van der Waals surface area contributed by atoms with E-state index >= 15 is 0 Å². The maximum Gasteiger partial charge on any atom is 0.422 e. The standard InChI is InChI=1S/C19H26F3N5O/c1-3-23-18(24-10-4-5-16-12-26-27-14(16)2)25-11-15-6-8-17(9-7-15)28-13-19(20,21)22/h6-9,12H,3-5,10-11,13H2,1-2H3,(H,26,27)(H2,23,24,25). The number of guanidine groups is 1. The Hall–Kier alpha value is -2.71. The Balaban J connectivity index is 1.80. The molecule has 154 valence electrons. The van der Waals surface area contributed by atoms with Crippen LogP contribution < -0.4 is 15.4 Å². The van der Waals surface area contributed by atoms with Crippen molar-refractivity contribution in [3.05, 3.63) is 47.3 Å². The number of aryl methyl sites for hydroxylation is 2. The Morgan fingerprint density at radius 1 is 1.21 bits per heavy atom. The Morgan fingerprint density at radius 3 is 2.57 bits per heavy atom. The lowest BCUT2D eigenvalue weighted by Crippen LogP contribution is -2.37. The first-order valence-corrected chi connectivity index (χ1v) is 9.17. The number of nitrogens with zero attached hydrogens (tertiary/aromatic N) is 2. The molecule has 0 aliphatic carbocycles. The molecule has 0 atom stereocenters. The van der Waals surface area contributed by atoms with Gasteiger partial charge < -0.3 is 15.4 Å². The largest absolute Gasteiger partial charge is 0.484 e. The molecule has 1 aromatic carbocycles. The number of alkyl halides is 3. The Kier molecular flexibility index (Phi) is 8.16. The number of rotatable bonds is 9. The number of halogens is 3. The second kappa shape index (κ2) is 10.6. The second-order valence-corrected chi connectivity index (χ2v) is 6.29. The Bertz CT molecular complexity index is 741. The highest BCUT2D eigenvalue weighted by Gasteiger charge is 2.28. The summed E-state index contributed by atoms with van der Waals surface area (Å²) in [7, 11) is 0. The summed E-state index contributed by atoms with van der Waals surface area (Å²) in [5.74, 6) is 0.883. The molecule has 0 spiro atoms. The van der Waals surface area contributed by atoms with Crippen LogP contribution in [0.1, 0.15) is 30.2 Å². The van der Waals surface area contributed by atoms with Crippen molar-refractivity contribution < 1.29 is 17.9 Å². The smallest absolute Gasteiger partial charge is 0.422 e. The van der Waals surface area contributed by atoms with E-state index in [2.05, 4.69) is 25.8 Å². The van der Waals surface area contributed by atoms with Gasteiger partial charge in [0.25, 0.3) is 0 Å². The molecule has 6 nitrogen and oxygen atoms in total. The van der Waals surface area contributed by atoms with Crippen molar-refractivity contribution in [3.63, 3.8) is 0 Å². The first-order chi connectivity index (χ1) is 13.4. The molecule has 0 aliphatic heterocycles. The fraction of sp³-hybridized carbons (Fsp3) is 0.474. The molecule has 9 heteroatoms. The van der Waals surface area contributed by atoms with E-state index in [1.807, 2.05) is 20.0 Å². The fourth-order valence-electron chi connectivity index (χ4n) is 2.48. The van der Waals surface area contributed by atoms with Gasteiger partial charge in [-0.05, 0) is 49.9 Å². The summed E-state index contributed by atoms with van der Waals surface area (Å²) in [5.41, 5.74) is 3.17. The van der Waals surface area contributed by atoms with Crippen LogP contribution in [0.2, 0.25) is 0 Å². The van der Waals surface area contributed by atoms with Crippen LogP contribution in [0.15, 0.2) is 35.5 Å². The number of aromatic nitrogens is 2. The number of H-pyrrole nitrogens is 1. The third kappa shape index (κ3) is 7.89. The molecule has 0 fully saturated rings. The number of aliphatic imine (C=N–C) groups is 1. The van der Waals surface area contributed by atoms with Gasteiger partial charge in [-0.2, -0.15) is 18.3 Å². The first-order valence-electron chi connectivity index (χ1n) is 9.17. The zero-order valence-corrected chi connectivity index (χ0v) is 16.1. The minimum Gasteiger partial charge on any atom is -0.484 e. The van der Waals surface area contributed by atoms with E-state index in [1.165, 1.54) is 17.7 Å². The maximum absolute atomic E-state index is 12.2. The summed E-state index contributed by atoms with van der Waals surface area (Å²) >= 11 is 0. The molecule has 0 amide bonds. The molecule has 28 heavy (non-hydrogen) atoms. The van der Waals surface area contributed by atoms with E-state index in [1.54, 1.807) is 12.1 Å². The van der Waals surface area contributed by atoms with Gasteiger partial charge in [0, 0.05) is 18.8 Å². The van der Waals surface area contributed by atoms with E-state index in [4.69, 9.17) is 4.74 Å². The highest BCUT2D eigenvalue weighted by Crippen LogP contribution is 2.19. The summed E-state index contributed by atoms with van der Waals surface area (Å²) < 4.78 is 41.2. The number of hydrogen-bond donors (Lipinski definition) is 3. The van der Waals surface area contributed by atoms with Gasteiger partial charge in [-0.15, -0.1) is 0 Å². The number of hydrogen-bond acceptors (Lipinski definition) is 3. The van der Waals surface area contributed by atoms with Gasteiger partial charge in [0.1, 0.15) is 5.75 Å². The van der Waals surface area contributed by atoms with E-state index in [-0.39, 0.29) is 5.75 Å². The Morgan fingerprint density at radius 2 is 1.96 bits per heavy atom. The minimum absolute atomic E-state index is 0.185. The monoisotopic (exact) mass is 397 g/mol. The van der Waals surface area contributed by atoms with Crippen LogP contribution >= 0.6 is 0 Å². The van der Waals surface area contributed by atoms with Gasteiger partial charge in [-0.3, -0.25) is 5.10 Å². The molecule has 0 aliphatic rings. The second-order valence-electron chi connectivity index (χ2n) is 6.29. The lowest BCUT2D eigenvalue weighted by atomic mass is 10.1. The van der Waals surface area contributed by atoms with Gasteiger partial charge in [0.2, 0.25) is 0 Å². The van der Waals surface area contributed by atoms with Gasteiger partial charge in [0.15, 0.2) is 12.6 Å². The van der Waals surface area contributed by atoms with E-state index < -0.39 is 12.8 Å². The average Bonchev–Trinajstić information content (AvgIpc) is 3.06. The fourth-order valence-corrected chi connectivity index (χ4v) is 2.48. The molecule has 3 N–H and O–H groups in total. The van der Waals surface area contributed by atoms with Gasteiger partial charge in [-0.1, -0.05) is 12.1 Å². The van der Waals surface area contributed by atoms with Gasteiger partial charge in [0.05, 0.1) is 12.7 Å². The highest BCUT2D eigenvalue weighted by molar-refractivity contribution is 5.79. The van der Waals surface area contributed by atoms with Crippen LogP contribution in [0.4, 0.5) is 13.2 Å². The zero-order chi connectivity index (χ0) is 20.4. The van der Waals surface area contributed by atoms with Crippen molar-refractivity contribution in [1.82, 2.24) is 20.8 Å². The SMILES string of the molecule is CCNC(=NCc1ccc(OCC(F)(F)F)cc1)NCCCc1cn[nH]c1C. The van der Waals surface area contributed by atoms with Crippen molar-refractivity contribution in [3.8, 4) is 5.75 Å². The van der Waals surface area contributed by atoms with Crippen LogP contribution in [0, 0.1) is 6.92 Å². The van der Waals surface area contributed by atoms with Gasteiger partial charge >= 0.3 is 6.18 Å². The van der Waals surface area contributed by atoms with Crippen LogP contribution in [-0.2, 0) is 13.0 Å². The average molecular weight is 397 g/mol. The molecular formula is C19H26F3N5O. The van der Waals surface area contributed by atoms with Crippen molar-refractivity contribution in [2.75, 3.05) is 19.7 Å². The number of nitrogens with one attached hydrogen (secondary N) is 3. The maximum atomic E-state index is 12.2. The molecule has 1 heterocycles. The third-order valence-electron chi connectivity index (χ3n) is 3.94. The summed E-state index contributed by atoms with van der Waals surface area (Å²) in [6, 6.07) is 6.45. The molecule has 0 bridgehead atoms. The van der Waals surface area contributed by atoms with Crippen molar-refractivity contribution in [2.45, 2.75) is 39.4 Å². The number of ether oxygens (including phenoxy) is 1. The van der Waals surface area contributed by atoms with Crippen molar-refractivity contribution >= 4 is 5.96 Å². The molecule has 1 aromatic heterocycles. The molecular weight excluding hydrogens is 371 g/mol. The molecule has 0 saturated heterocycles. The number of aromatic amines is 1. The Labute approximate surface area is 162 Å². The predicted molar refractivity (Wildman–Crippen MR) is 102 cm³/mol. The lowest BCUT2D eigenvalue weighted by molar-refractivity contribution is -0.153. The van der Waals surface area contributed by atoms with Gasteiger partial charge in [-0.25, -0.2) is 4.99 Å². The van der Waals surface area contributed by atoms with Crippen LogP contribution in [0.25, 0.3) is 0 Å². The van der Waals surface area contributed by atoms with Crippen molar-refractivity contribution in [1.29, 1.82) is 0 Å². The summed E-state index contributed by atoms with van der Waals surface area (Å²) in [6.45, 7) is 4.60. The molecule has 2 rings (SSSR count). The lowest BCUT2D eigenvalue weighted by Gasteiger charge is -2.12. The first kappa shape index (κ1) is 21.6. The number of benzene rings is 1. The molecule has 0 saturated carbocycles. The normalized spacial score (nSPS) is 12.1. The van der Waals surface area contributed by atoms with Crippen LogP contribution in [0.5, 0.6) is 5.75 Å². The zero-order valence-electron chi connectivity index (χ0n) is 16.1. The summed E-state index contributed by atoms with van der Waals surface area (Å²) in [6.07, 6.45) is -0.632. The summed E-state index contributed by atoms with van der Waals surface area (Å²) in [4.78, 5) is 4.51. The van der Waals surface area contributed by atoms with E-state index in [0.29, 0.717) is 12.5 Å². The predicted octanol–water partition coefficient (Wildman–Crippen LogP) is 3.35. The molecule has 2 aromatic rings.